The van der Waals surface area contributed by atoms with E-state index in [4.69, 9.17) is 0 Å². The highest BCUT2D eigenvalue weighted by Crippen LogP contribution is 2.21. The molecule has 2 aromatic heterocycles. The first-order valence-corrected chi connectivity index (χ1v) is 6.20. The summed E-state index contributed by atoms with van der Waals surface area (Å²) in [6, 6.07) is 0. The number of hydrogen-bond donors (Lipinski definition) is 1. The van der Waals surface area contributed by atoms with E-state index in [1.165, 1.54) is 5.01 Å². The predicted octanol–water partition coefficient (Wildman–Crippen LogP) is 2.03. The van der Waals surface area contributed by atoms with Gasteiger partial charge in [-0.25, -0.2) is 9.97 Å². The van der Waals surface area contributed by atoms with Crippen LogP contribution in [0.1, 0.15) is 5.01 Å². The number of nitrogens with one attached hydrogen (secondary N) is 1. The van der Waals surface area contributed by atoms with Crippen molar-refractivity contribution >= 4 is 22.7 Å². The number of hydrogen-bond acceptors (Lipinski definition) is 5. The summed E-state index contributed by atoms with van der Waals surface area (Å²) in [6.45, 7) is 0.976. The fraction of sp³-hybridized carbons (Fsp3) is 0.333. The molecule has 0 unspecified atom stereocenters. The van der Waals surface area contributed by atoms with Crippen LogP contribution >= 0.6 is 22.7 Å². The van der Waals surface area contributed by atoms with Crippen molar-refractivity contribution in [2.75, 3.05) is 13.6 Å². The molecule has 2 heterocycles. The van der Waals surface area contributed by atoms with Crippen LogP contribution in [0.25, 0.3) is 11.4 Å². The van der Waals surface area contributed by atoms with Crippen LogP contribution in [-0.2, 0) is 6.42 Å². The molecule has 0 bridgehead atoms. The third kappa shape index (κ3) is 2.17. The summed E-state index contributed by atoms with van der Waals surface area (Å²) in [6.07, 6.45) is 0.991. The summed E-state index contributed by atoms with van der Waals surface area (Å²) in [5.74, 6) is 0. The lowest BCUT2D eigenvalue weighted by atomic mass is 10.4. The molecule has 14 heavy (non-hydrogen) atoms. The first kappa shape index (κ1) is 9.76. The van der Waals surface area contributed by atoms with Gasteiger partial charge in [0.2, 0.25) is 0 Å². The minimum atomic E-state index is 0.976. The third-order valence-electron chi connectivity index (χ3n) is 1.84. The topological polar surface area (TPSA) is 37.8 Å². The van der Waals surface area contributed by atoms with Gasteiger partial charge in [-0.05, 0) is 7.05 Å². The van der Waals surface area contributed by atoms with Crippen molar-refractivity contribution in [1.82, 2.24) is 15.3 Å². The van der Waals surface area contributed by atoms with Crippen molar-refractivity contribution in [2.24, 2.45) is 0 Å². The highest BCUT2D eigenvalue weighted by Gasteiger charge is 2.05. The van der Waals surface area contributed by atoms with E-state index in [9.17, 15) is 0 Å². The van der Waals surface area contributed by atoms with E-state index in [1.54, 1.807) is 22.7 Å². The van der Waals surface area contributed by atoms with Crippen LogP contribution in [0, 0.1) is 0 Å². The van der Waals surface area contributed by atoms with Crippen molar-refractivity contribution in [1.29, 1.82) is 0 Å². The zero-order valence-electron chi connectivity index (χ0n) is 7.86. The molecule has 0 aliphatic carbocycles. The van der Waals surface area contributed by atoms with Gasteiger partial charge in [0.05, 0.1) is 10.5 Å². The Labute approximate surface area is 90.9 Å². The van der Waals surface area contributed by atoms with Crippen LogP contribution in [0.2, 0.25) is 0 Å². The molecule has 5 heteroatoms. The van der Waals surface area contributed by atoms with Gasteiger partial charge in [0, 0.05) is 23.7 Å². The van der Waals surface area contributed by atoms with E-state index < -0.39 is 0 Å². The second-order valence-electron chi connectivity index (χ2n) is 2.85. The lowest BCUT2D eigenvalue weighted by Crippen LogP contribution is -2.09. The number of likely N-dealkylation sites (N-methyl/N-ethyl adjacent to an activating group) is 1. The fourth-order valence-electron chi connectivity index (χ4n) is 1.11. The highest BCUT2D eigenvalue weighted by molar-refractivity contribution is 7.10. The van der Waals surface area contributed by atoms with Gasteiger partial charge in [-0.1, -0.05) is 0 Å². The largest absolute Gasteiger partial charge is 0.319 e. The minimum absolute atomic E-state index is 0.976. The summed E-state index contributed by atoms with van der Waals surface area (Å²) < 4.78 is 0. The maximum absolute atomic E-state index is 4.51. The van der Waals surface area contributed by atoms with Gasteiger partial charge in [-0.15, -0.1) is 22.7 Å². The van der Waals surface area contributed by atoms with Crippen LogP contribution in [0.4, 0.5) is 0 Å². The normalized spacial score (nSPS) is 10.6. The van der Waals surface area contributed by atoms with Gasteiger partial charge in [0.15, 0.2) is 0 Å². The van der Waals surface area contributed by atoms with E-state index in [-0.39, 0.29) is 0 Å². The molecular formula is C9H11N3S2. The zero-order valence-corrected chi connectivity index (χ0v) is 9.49. The standard InChI is InChI=1S/C9H11N3S2/c1-10-3-2-9-12-8(5-14-9)7-4-13-6-11-7/h4-6,10H,2-3H2,1H3. The molecule has 0 saturated carbocycles. The third-order valence-corrected chi connectivity index (χ3v) is 3.33. The quantitative estimate of drug-likeness (QED) is 0.865. The smallest absolute Gasteiger partial charge is 0.101 e. The molecule has 74 valence electrons. The van der Waals surface area contributed by atoms with Crippen LogP contribution in [0.15, 0.2) is 16.3 Å². The van der Waals surface area contributed by atoms with Crippen molar-refractivity contribution in [3.05, 3.63) is 21.3 Å². The summed E-state index contributed by atoms with van der Waals surface area (Å²) in [4.78, 5) is 8.74. The molecule has 0 saturated heterocycles. The van der Waals surface area contributed by atoms with Gasteiger partial charge in [-0.2, -0.15) is 0 Å². The molecule has 0 radical (unpaired) electrons. The number of thiazole rings is 2. The lowest BCUT2D eigenvalue weighted by molar-refractivity contribution is 0.788. The molecule has 2 rings (SSSR count). The molecule has 0 spiro atoms. The van der Waals surface area contributed by atoms with Gasteiger partial charge < -0.3 is 5.32 Å². The summed E-state index contributed by atoms with van der Waals surface area (Å²) in [5.41, 5.74) is 3.83. The highest BCUT2D eigenvalue weighted by atomic mass is 32.1. The number of aromatic nitrogens is 2. The molecule has 0 aliphatic rings. The van der Waals surface area contributed by atoms with Crippen molar-refractivity contribution in [2.45, 2.75) is 6.42 Å². The zero-order chi connectivity index (χ0) is 9.80. The van der Waals surface area contributed by atoms with Crippen LogP contribution < -0.4 is 5.32 Å². The maximum Gasteiger partial charge on any atom is 0.101 e. The Balaban J connectivity index is 2.10. The van der Waals surface area contributed by atoms with Gasteiger partial charge in [-0.3, -0.25) is 0 Å². The molecular weight excluding hydrogens is 214 g/mol. The summed E-state index contributed by atoms with van der Waals surface area (Å²) in [5, 5.41) is 8.38. The molecule has 0 aliphatic heterocycles. The SMILES string of the molecule is CNCCc1nc(-c2cscn2)cs1. The van der Waals surface area contributed by atoms with Gasteiger partial charge in [0.1, 0.15) is 11.4 Å². The van der Waals surface area contributed by atoms with Crippen LogP contribution in [0.3, 0.4) is 0 Å². The number of rotatable bonds is 4. The maximum atomic E-state index is 4.51. The first-order chi connectivity index (χ1) is 6.90. The second-order valence-corrected chi connectivity index (χ2v) is 4.52. The average molecular weight is 225 g/mol. The molecule has 0 aromatic carbocycles. The van der Waals surface area contributed by atoms with E-state index in [0.29, 0.717) is 0 Å². The van der Waals surface area contributed by atoms with E-state index in [0.717, 1.165) is 24.4 Å². The summed E-state index contributed by atoms with van der Waals surface area (Å²) in [7, 11) is 1.95. The molecule has 0 atom stereocenters. The Hall–Kier alpha value is -0.780. The van der Waals surface area contributed by atoms with Gasteiger partial charge in [0.25, 0.3) is 0 Å². The van der Waals surface area contributed by atoms with E-state index in [1.807, 2.05) is 17.9 Å². The Morgan fingerprint density at radius 2 is 2.29 bits per heavy atom. The summed E-state index contributed by atoms with van der Waals surface area (Å²) >= 11 is 3.30. The molecule has 0 amide bonds. The molecule has 3 nitrogen and oxygen atoms in total. The first-order valence-electron chi connectivity index (χ1n) is 4.37. The van der Waals surface area contributed by atoms with E-state index >= 15 is 0 Å². The number of nitrogens with zero attached hydrogens (tertiary/aromatic N) is 2. The van der Waals surface area contributed by atoms with Crippen LogP contribution in [0.5, 0.6) is 0 Å². The predicted molar refractivity (Wildman–Crippen MR) is 60.9 cm³/mol. The second kappa shape index (κ2) is 4.63. The molecule has 1 N–H and O–H groups in total. The molecule has 0 fully saturated rings. The van der Waals surface area contributed by atoms with Crippen molar-refractivity contribution < 1.29 is 0 Å². The van der Waals surface area contributed by atoms with E-state index in [2.05, 4.69) is 20.7 Å². The monoisotopic (exact) mass is 225 g/mol. The Morgan fingerprint density at radius 3 is 3.00 bits per heavy atom. The van der Waals surface area contributed by atoms with Crippen molar-refractivity contribution in [3.8, 4) is 11.4 Å². The lowest BCUT2D eigenvalue weighted by Gasteiger charge is -1.93. The van der Waals surface area contributed by atoms with Crippen molar-refractivity contribution in [3.63, 3.8) is 0 Å². The van der Waals surface area contributed by atoms with Gasteiger partial charge >= 0.3 is 0 Å². The Kier molecular flexibility index (Phi) is 3.23. The minimum Gasteiger partial charge on any atom is -0.319 e. The molecule has 2 aromatic rings. The Morgan fingerprint density at radius 1 is 1.36 bits per heavy atom. The Bertz CT molecular complexity index is 380. The van der Waals surface area contributed by atoms with Crippen LogP contribution in [-0.4, -0.2) is 23.6 Å². The average Bonchev–Trinajstić information content (AvgIpc) is 2.85. The fourth-order valence-corrected chi connectivity index (χ4v) is 2.45.